The Morgan fingerprint density at radius 3 is 2.57 bits per heavy atom. The Morgan fingerprint density at radius 2 is 1.86 bits per heavy atom. The van der Waals surface area contributed by atoms with Crippen molar-refractivity contribution in [3.63, 3.8) is 0 Å². The lowest BCUT2D eigenvalue weighted by Gasteiger charge is -2.38. The van der Waals surface area contributed by atoms with Crippen molar-refractivity contribution in [3.05, 3.63) is 65.5 Å². The Morgan fingerprint density at radius 1 is 1.10 bits per heavy atom. The van der Waals surface area contributed by atoms with Crippen LogP contribution in [0.4, 0.5) is 10.1 Å². The summed E-state index contributed by atoms with van der Waals surface area (Å²) in [6.45, 7) is 3.83. The van der Waals surface area contributed by atoms with Crippen LogP contribution in [0.15, 0.2) is 48.5 Å². The average molecular weight is 284 g/mol. The molecule has 0 saturated carbocycles. The van der Waals surface area contributed by atoms with Crippen LogP contribution in [0.3, 0.4) is 0 Å². The van der Waals surface area contributed by atoms with E-state index < -0.39 is 0 Å². The maximum absolute atomic E-state index is 13.4. The molecule has 2 nitrogen and oxygen atoms in total. The van der Waals surface area contributed by atoms with Crippen LogP contribution in [0.2, 0.25) is 0 Å². The molecule has 1 heterocycles. The van der Waals surface area contributed by atoms with E-state index in [-0.39, 0.29) is 17.8 Å². The molecule has 0 aromatic heterocycles. The van der Waals surface area contributed by atoms with Gasteiger partial charge in [-0.2, -0.15) is 0 Å². The van der Waals surface area contributed by atoms with E-state index in [1.807, 2.05) is 6.07 Å². The van der Waals surface area contributed by atoms with E-state index in [0.29, 0.717) is 0 Å². The van der Waals surface area contributed by atoms with Crippen molar-refractivity contribution < 1.29 is 4.39 Å². The Balaban J connectivity index is 1.83. The van der Waals surface area contributed by atoms with Crippen LogP contribution in [-0.4, -0.2) is 19.1 Å². The molecule has 2 aromatic rings. The van der Waals surface area contributed by atoms with E-state index in [9.17, 15) is 4.39 Å². The number of benzene rings is 2. The quantitative estimate of drug-likeness (QED) is 0.915. The number of aryl methyl sites for hydroxylation is 1. The Bertz CT molecular complexity index is 609. The molecular formula is C18H21FN2. The van der Waals surface area contributed by atoms with Gasteiger partial charge in [0.15, 0.2) is 0 Å². The van der Waals surface area contributed by atoms with E-state index in [1.165, 1.54) is 17.3 Å². The molecule has 0 bridgehead atoms. The first-order valence-corrected chi connectivity index (χ1v) is 7.44. The lowest BCUT2D eigenvalue weighted by Crippen LogP contribution is -2.46. The standard InChI is InChI=1S/C18H21FN2/c1-13-5-7-18(8-6-13)21-11-15(10-17(20)12-21)14-3-2-4-16(19)9-14/h2-9,15,17H,10-12,20H2,1H3. The van der Waals surface area contributed by atoms with Gasteiger partial charge in [0.2, 0.25) is 0 Å². The first-order chi connectivity index (χ1) is 10.1. The van der Waals surface area contributed by atoms with Gasteiger partial charge in [-0.15, -0.1) is 0 Å². The summed E-state index contributed by atoms with van der Waals surface area (Å²) in [4.78, 5) is 2.31. The number of nitrogens with zero attached hydrogens (tertiary/aromatic N) is 1. The highest BCUT2D eigenvalue weighted by atomic mass is 19.1. The lowest BCUT2D eigenvalue weighted by molar-refractivity contribution is 0.452. The third-order valence-corrected chi connectivity index (χ3v) is 4.20. The number of anilines is 1. The Labute approximate surface area is 125 Å². The molecule has 2 N–H and O–H groups in total. The molecule has 0 radical (unpaired) electrons. The third-order valence-electron chi connectivity index (χ3n) is 4.20. The van der Waals surface area contributed by atoms with Crippen molar-refractivity contribution in [2.45, 2.75) is 25.3 Å². The minimum absolute atomic E-state index is 0.119. The summed E-state index contributed by atoms with van der Waals surface area (Å²) in [6.07, 6.45) is 0.909. The first-order valence-electron chi connectivity index (χ1n) is 7.44. The highest BCUT2D eigenvalue weighted by Crippen LogP contribution is 2.30. The van der Waals surface area contributed by atoms with Crippen molar-refractivity contribution in [2.24, 2.45) is 5.73 Å². The number of nitrogens with two attached hydrogens (primary N) is 1. The number of halogens is 1. The summed E-state index contributed by atoms with van der Waals surface area (Å²) in [7, 11) is 0. The summed E-state index contributed by atoms with van der Waals surface area (Å²) in [5.41, 5.74) is 9.71. The van der Waals surface area contributed by atoms with Gasteiger partial charge < -0.3 is 10.6 Å². The van der Waals surface area contributed by atoms with Gasteiger partial charge in [-0.25, -0.2) is 4.39 Å². The van der Waals surface area contributed by atoms with Gasteiger partial charge in [0.25, 0.3) is 0 Å². The third kappa shape index (κ3) is 3.24. The second-order valence-electron chi connectivity index (χ2n) is 5.99. The van der Waals surface area contributed by atoms with Gasteiger partial charge in [0.1, 0.15) is 5.82 Å². The molecular weight excluding hydrogens is 263 g/mol. The Hall–Kier alpha value is -1.87. The number of piperidine rings is 1. The van der Waals surface area contributed by atoms with E-state index >= 15 is 0 Å². The fraction of sp³-hybridized carbons (Fsp3) is 0.333. The van der Waals surface area contributed by atoms with Gasteiger partial charge in [0, 0.05) is 30.7 Å². The number of hydrogen-bond acceptors (Lipinski definition) is 2. The maximum atomic E-state index is 13.4. The summed E-state index contributed by atoms with van der Waals surface area (Å²) >= 11 is 0. The number of hydrogen-bond donors (Lipinski definition) is 1. The minimum Gasteiger partial charge on any atom is -0.369 e. The van der Waals surface area contributed by atoms with Gasteiger partial charge in [-0.1, -0.05) is 29.8 Å². The van der Waals surface area contributed by atoms with Crippen LogP contribution in [0.5, 0.6) is 0 Å². The molecule has 1 fully saturated rings. The summed E-state index contributed by atoms with van der Waals surface area (Å²) < 4.78 is 13.4. The van der Waals surface area contributed by atoms with Crippen molar-refractivity contribution in [1.29, 1.82) is 0 Å². The van der Waals surface area contributed by atoms with E-state index in [0.717, 1.165) is 25.1 Å². The molecule has 0 spiro atoms. The fourth-order valence-electron chi connectivity index (χ4n) is 3.11. The van der Waals surface area contributed by atoms with Crippen LogP contribution in [-0.2, 0) is 0 Å². The zero-order valence-electron chi connectivity index (χ0n) is 12.3. The van der Waals surface area contributed by atoms with Crippen LogP contribution >= 0.6 is 0 Å². The normalized spacial score (nSPS) is 22.3. The molecule has 1 aliphatic rings. The molecule has 0 amide bonds. The Kier molecular flexibility index (Phi) is 3.93. The van der Waals surface area contributed by atoms with Crippen LogP contribution < -0.4 is 10.6 Å². The molecule has 3 heteroatoms. The summed E-state index contributed by atoms with van der Waals surface area (Å²) in [5, 5.41) is 0. The molecule has 1 aliphatic heterocycles. The zero-order valence-corrected chi connectivity index (χ0v) is 12.3. The zero-order chi connectivity index (χ0) is 14.8. The SMILES string of the molecule is Cc1ccc(N2CC(N)CC(c3cccc(F)c3)C2)cc1. The smallest absolute Gasteiger partial charge is 0.123 e. The van der Waals surface area contributed by atoms with E-state index in [4.69, 9.17) is 5.73 Å². The molecule has 0 aliphatic carbocycles. The largest absolute Gasteiger partial charge is 0.369 e. The monoisotopic (exact) mass is 284 g/mol. The highest BCUT2D eigenvalue weighted by molar-refractivity contribution is 5.49. The first kappa shape index (κ1) is 14.1. The predicted octanol–water partition coefficient (Wildman–Crippen LogP) is 3.46. The molecule has 2 aromatic carbocycles. The lowest BCUT2D eigenvalue weighted by atomic mass is 9.88. The molecule has 110 valence electrons. The van der Waals surface area contributed by atoms with Crippen molar-refractivity contribution in [2.75, 3.05) is 18.0 Å². The second kappa shape index (κ2) is 5.86. The average Bonchev–Trinajstić information content (AvgIpc) is 2.47. The van der Waals surface area contributed by atoms with Gasteiger partial charge in [-0.05, 0) is 43.2 Å². The van der Waals surface area contributed by atoms with E-state index in [1.54, 1.807) is 12.1 Å². The van der Waals surface area contributed by atoms with Gasteiger partial charge >= 0.3 is 0 Å². The van der Waals surface area contributed by atoms with Crippen molar-refractivity contribution in [1.82, 2.24) is 0 Å². The van der Waals surface area contributed by atoms with Crippen LogP contribution in [0.25, 0.3) is 0 Å². The molecule has 21 heavy (non-hydrogen) atoms. The molecule has 2 atom stereocenters. The fourth-order valence-corrected chi connectivity index (χ4v) is 3.11. The molecule has 2 unspecified atom stereocenters. The van der Waals surface area contributed by atoms with Gasteiger partial charge in [-0.3, -0.25) is 0 Å². The molecule has 3 rings (SSSR count). The van der Waals surface area contributed by atoms with Crippen LogP contribution in [0.1, 0.15) is 23.5 Å². The summed E-state index contributed by atoms with van der Waals surface area (Å²) in [6, 6.07) is 15.5. The second-order valence-corrected chi connectivity index (χ2v) is 5.99. The topological polar surface area (TPSA) is 29.3 Å². The van der Waals surface area contributed by atoms with E-state index in [2.05, 4.69) is 36.1 Å². The maximum Gasteiger partial charge on any atom is 0.123 e. The van der Waals surface area contributed by atoms with Crippen molar-refractivity contribution in [3.8, 4) is 0 Å². The number of rotatable bonds is 2. The summed E-state index contributed by atoms with van der Waals surface area (Å²) in [5.74, 6) is 0.110. The van der Waals surface area contributed by atoms with Crippen molar-refractivity contribution >= 4 is 5.69 Å². The van der Waals surface area contributed by atoms with Crippen LogP contribution in [0, 0.1) is 12.7 Å². The predicted molar refractivity (Wildman–Crippen MR) is 85.1 cm³/mol. The van der Waals surface area contributed by atoms with Gasteiger partial charge in [0.05, 0.1) is 0 Å². The highest BCUT2D eigenvalue weighted by Gasteiger charge is 2.26. The minimum atomic E-state index is -0.173. The molecule has 1 saturated heterocycles.